The van der Waals surface area contributed by atoms with Gasteiger partial charge in [-0.3, -0.25) is 9.59 Å². The average Bonchev–Trinajstić information content (AvgIpc) is 3.02. The van der Waals surface area contributed by atoms with Crippen LogP contribution in [0.2, 0.25) is 15.1 Å². The molecule has 0 atom stereocenters. The van der Waals surface area contributed by atoms with Gasteiger partial charge in [-0.25, -0.2) is 4.68 Å². The van der Waals surface area contributed by atoms with E-state index in [0.717, 1.165) is 5.56 Å². The highest BCUT2D eigenvalue weighted by Gasteiger charge is 2.19. The number of amides is 2. The number of carbonyl (C=O) groups is 2. The van der Waals surface area contributed by atoms with Gasteiger partial charge in [-0.05, 0) is 49.7 Å². The van der Waals surface area contributed by atoms with Crippen LogP contribution in [0, 0.1) is 13.8 Å². The number of hydrogen-bond acceptors (Lipinski definition) is 4. The van der Waals surface area contributed by atoms with Gasteiger partial charge in [0.2, 0.25) is 5.91 Å². The maximum atomic E-state index is 12.5. The van der Waals surface area contributed by atoms with E-state index in [1.165, 1.54) is 10.7 Å². The Labute approximate surface area is 181 Å². The van der Waals surface area contributed by atoms with Crippen molar-refractivity contribution in [2.75, 3.05) is 10.6 Å². The first-order valence-electron chi connectivity index (χ1n) is 8.47. The number of anilines is 2. The zero-order valence-electron chi connectivity index (χ0n) is 15.5. The fourth-order valence-electron chi connectivity index (χ4n) is 2.50. The Morgan fingerprint density at radius 1 is 1.00 bits per heavy atom. The van der Waals surface area contributed by atoms with E-state index in [4.69, 9.17) is 34.8 Å². The highest BCUT2D eigenvalue weighted by atomic mass is 35.5. The van der Waals surface area contributed by atoms with Crippen LogP contribution in [-0.2, 0) is 11.3 Å². The van der Waals surface area contributed by atoms with E-state index in [9.17, 15) is 9.59 Å². The van der Waals surface area contributed by atoms with Crippen LogP contribution in [0.5, 0.6) is 0 Å². The maximum absolute atomic E-state index is 12.5. The molecule has 2 N–H and O–H groups in total. The predicted octanol–water partition coefficient (Wildman–Crippen LogP) is 4.75. The van der Waals surface area contributed by atoms with Crippen LogP contribution >= 0.6 is 34.8 Å². The summed E-state index contributed by atoms with van der Waals surface area (Å²) >= 11 is 18.1. The van der Waals surface area contributed by atoms with E-state index in [0.29, 0.717) is 32.1 Å². The number of rotatable bonds is 5. The third kappa shape index (κ3) is 5.06. The molecule has 0 radical (unpaired) electrons. The molecule has 7 nitrogen and oxygen atoms in total. The number of carbonyl (C=O) groups excluding carboxylic acids is 2. The molecule has 0 saturated carbocycles. The average molecular weight is 453 g/mol. The SMILES string of the molecule is Cc1ccc(NC(=O)Cn2nnc(C(=O)Nc3cc(Cl)ccc3Cl)c2C)cc1Cl. The van der Waals surface area contributed by atoms with Gasteiger partial charge in [-0.2, -0.15) is 0 Å². The van der Waals surface area contributed by atoms with E-state index in [2.05, 4.69) is 20.9 Å². The molecule has 0 saturated heterocycles. The summed E-state index contributed by atoms with van der Waals surface area (Å²) < 4.78 is 1.33. The second-order valence-electron chi connectivity index (χ2n) is 6.27. The van der Waals surface area contributed by atoms with Crippen LogP contribution in [0.25, 0.3) is 0 Å². The molecule has 1 heterocycles. The van der Waals surface area contributed by atoms with Crippen molar-refractivity contribution in [3.05, 3.63) is 68.4 Å². The number of benzene rings is 2. The highest BCUT2D eigenvalue weighted by molar-refractivity contribution is 6.36. The van der Waals surface area contributed by atoms with Crippen LogP contribution in [0.1, 0.15) is 21.7 Å². The van der Waals surface area contributed by atoms with Crippen molar-refractivity contribution in [1.29, 1.82) is 0 Å². The van der Waals surface area contributed by atoms with Crippen molar-refractivity contribution < 1.29 is 9.59 Å². The van der Waals surface area contributed by atoms with Crippen molar-refractivity contribution in [1.82, 2.24) is 15.0 Å². The Morgan fingerprint density at radius 2 is 1.76 bits per heavy atom. The molecule has 0 bridgehead atoms. The van der Waals surface area contributed by atoms with Crippen LogP contribution in [0.3, 0.4) is 0 Å². The smallest absolute Gasteiger partial charge is 0.278 e. The third-order valence-corrected chi connectivity index (χ3v) is 5.10. The molecule has 0 unspecified atom stereocenters. The van der Waals surface area contributed by atoms with Gasteiger partial charge in [0.25, 0.3) is 5.91 Å². The summed E-state index contributed by atoms with van der Waals surface area (Å²) in [7, 11) is 0. The van der Waals surface area contributed by atoms with Gasteiger partial charge in [-0.1, -0.05) is 46.1 Å². The summed E-state index contributed by atoms with van der Waals surface area (Å²) in [6, 6.07) is 9.94. The standard InChI is InChI=1S/C19H16Cl3N5O2/c1-10-3-5-13(8-15(10)22)23-17(28)9-27-11(2)18(25-26-27)19(29)24-16-7-12(20)4-6-14(16)21/h3-8H,9H2,1-2H3,(H,23,28)(H,24,29). The van der Waals surface area contributed by atoms with Crippen molar-refractivity contribution in [3.8, 4) is 0 Å². The summed E-state index contributed by atoms with van der Waals surface area (Å²) in [6.45, 7) is 3.40. The summed E-state index contributed by atoms with van der Waals surface area (Å²) in [5, 5.41) is 14.5. The lowest BCUT2D eigenvalue weighted by Crippen LogP contribution is -2.21. The number of aromatic nitrogens is 3. The number of nitrogens with one attached hydrogen (secondary N) is 2. The summed E-state index contributed by atoms with van der Waals surface area (Å²) in [5.74, 6) is -0.841. The van der Waals surface area contributed by atoms with Gasteiger partial charge in [0.1, 0.15) is 6.54 Å². The minimum atomic E-state index is -0.511. The van der Waals surface area contributed by atoms with Crippen LogP contribution < -0.4 is 10.6 Å². The summed E-state index contributed by atoms with van der Waals surface area (Å²) in [5.41, 5.74) is 2.33. The highest BCUT2D eigenvalue weighted by Crippen LogP contribution is 2.26. The molecule has 0 aliphatic carbocycles. The zero-order chi connectivity index (χ0) is 21.1. The lowest BCUT2D eigenvalue weighted by atomic mass is 10.2. The van der Waals surface area contributed by atoms with Crippen LogP contribution in [0.4, 0.5) is 11.4 Å². The Bertz CT molecular complexity index is 1100. The predicted molar refractivity (Wildman–Crippen MR) is 114 cm³/mol. The largest absolute Gasteiger partial charge is 0.324 e. The Hall–Kier alpha value is -2.61. The molecule has 3 rings (SSSR count). The van der Waals surface area contributed by atoms with Gasteiger partial charge in [0.05, 0.1) is 16.4 Å². The molecule has 3 aromatic rings. The number of halogens is 3. The Balaban J connectivity index is 1.69. The minimum absolute atomic E-state index is 0.0761. The Kier molecular flexibility index (Phi) is 6.42. The van der Waals surface area contributed by atoms with E-state index in [-0.39, 0.29) is 18.1 Å². The first kappa shape index (κ1) is 21.1. The molecule has 10 heteroatoms. The fraction of sp³-hybridized carbons (Fsp3) is 0.158. The minimum Gasteiger partial charge on any atom is -0.324 e. The molecular weight excluding hydrogens is 437 g/mol. The van der Waals surface area contributed by atoms with Gasteiger partial charge < -0.3 is 10.6 Å². The normalized spacial score (nSPS) is 10.7. The molecule has 1 aromatic heterocycles. The molecular formula is C19H16Cl3N5O2. The monoisotopic (exact) mass is 451 g/mol. The van der Waals surface area contributed by atoms with Crippen molar-refractivity contribution >= 4 is 58.0 Å². The summed E-state index contributed by atoms with van der Waals surface area (Å²) in [6.07, 6.45) is 0. The van der Waals surface area contributed by atoms with Gasteiger partial charge in [-0.15, -0.1) is 5.10 Å². The molecule has 0 aliphatic heterocycles. The number of nitrogens with zero attached hydrogens (tertiary/aromatic N) is 3. The second-order valence-corrected chi connectivity index (χ2v) is 7.52. The van der Waals surface area contributed by atoms with Gasteiger partial charge in [0, 0.05) is 15.7 Å². The molecule has 2 amide bonds. The van der Waals surface area contributed by atoms with Gasteiger partial charge in [0.15, 0.2) is 5.69 Å². The van der Waals surface area contributed by atoms with Crippen molar-refractivity contribution in [3.63, 3.8) is 0 Å². The molecule has 150 valence electrons. The number of aryl methyl sites for hydroxylation is 1. The molecule has 0 fully saturated rings. The summed E-state index contributed by atoms with van der Waals surface area (Å²) in [4.78, 5) is 24.8. The van der Waals surface area contributed by atoms with Crippen molar-refractivity contribution in [2.24, 2.45) is 0 Å². The van der Waals surface area contributed by atoms with Gasteiger partial charge >= 0.3 is 0 Å². The molecule has 29 heavy (non-hydrogen) atoms. The van der Waals surface area contributed by atoms with Crippen molar-refractivity contribution in [2.45, 2.75) is 20.4 Å². The quantitative estimate of drug-likeness (QED) is 0.585. The van der Waals surface area contributed by atoms with E-state index in [1.54, 1.807) is 31.2 Å². The third-order valence-electron chi connectivity index (χ3n) is 4.12. The first-order chi connectivity index (χ1) is 13.7. The lowest BCUT2D eigenvalue weighted by molar-refractivity contribution is -0.117. The van der Waals surface area contributed by atoms with Crippen LogP contribution in [-0.4, -0.2) is 26.8 Å². The van der Waals surface area contributed by atoms with E-state index in [1.807, 2.05) is 13.0 Å². The lowest BCUT2D eigenvalue weighted by Gasteiger charge is -2.08. The Morgan fingerprint density at radius 3 is 2.48 bits per heavy atom. The molecule has 2 aromatic carbocycles. The fourth-order valence-corrected chi connectivity index (χ4v) is 3.02. The van der Waals surface area contributed by atoms with E-state index >= 15 is 0 Å². The zero-order valence-corrected chi connectivity index (χ0v) is 17.7. The second kappa shape index (κ2) is 8.82. The number of hydrogen-bond donors (Lipinski definition) is 2. The van der Waals surface area contributed by atoms with E-state index < -0.39 is 5.91 Å². The maximum Gasteiger partial charge on any atom is 0.278 e. The van der Waals surface area contributed by atoms with Crippen LogP contribution in [0.15, 0.2) is 36.4 Å². The molecule has 0 aliphatic rings. The first-order valence-corrected chi connectivity index (χ1v) is 9.60. The molecule has 0 spiro atoms. The topological polar surface area (TPSA) is 88.9 Å².